The predicted octanol–water partition coefficient (Wildman–Crippen LogP) is 1.20. The largest absolute Gasteiger partial charge is 0.349 e. The molecule has 0 fully saturated rings. The normalized spacial score (nSPS) is 10.6. The van der Waals surface area contributed by atoms with Crippen molar-refractivity contribution in [3.8, 4) is 0 Å². The summed E-state index contributed by atoms with van der Waals surface area (Å²) in [7, 11) is 1.82. The van der Waals surface area contributed by atoms with E-state index in [1.807, 2.05) is 20.9 Å². The van der Waals surface area contributed by atoms with E-state index < -0.39 is 0 Å². The number of hydrogen-bond donors (Lipinski definition) is 2. The van der Waals surface area contributed by atoms with Gasteiger partial charge in [-0.1, -0.05) is 25.4 Å². The highest BCUT2D eigenvalue weighted by molar-refractivity contribution is 6.33. The Morgan fingerprint density at radius 1 is 1.47 bits per heavy atom. The molecule has 2 N–H and O–H groups in total. The number of amides is 1. The van der Waals surface area contributed by atoms with Gasteiger partial charge in [0.15, 0.2) is 0 Å². The number of nitrogens with zero attached hydrogens (tertiary/aromatic N) is 2. The molecule has 0 aliphatic rings. The van der Waals surface area contributed by atoms with E-state index in [1.54, 1.807) is 0 Å². The van der Waals surface area contributed by atoms with Gasteiger partial charge in [-0.2, -0.15) is 0 Å². The van der Waals surface area contributed by atoms with Crippen LogP contribution in [0.15, 0.2) is 6.20 Å². The molecule has 6 heteroatoms. The first kappa shape index (κ1) is 13.9. The summed E-state index contributed by atoms with van der Waals surface area (Å²) in [6, 6.07) is 0. The van der Waals surface area contributed by atoms with Gasteiger partial charge in [0.2, 0.25) is 0 Å². The average molecular weight is 257 g/mol. The molecule has 1 aromatic heterocycles. The van der Waals surface area contributed by atoms with Crippen molar-refractivity contribution in [1.29, 1.82) is 0 Å². The van der Waals surface area contributed by atoms with Crippen molar-refractivity contribution in [1.82, 2.24) is 20.6 Å². The van der Waals surface area contributed by atoms with Crippen LogP contribution < -0.4 is 10.6 Å². The van der Waals surface area contributed by atoms with Gasteiger partial charge in [0.05, 0.1) is 11.2 Å². The van der Waals surface area contributed by atoms with Crippen LogP contribution in [0.2, 0.25) is 5.02 Å². The lowest BCUT2D eigenvalue weighted by atomic mass is 10.2. The maximum absolute atomic E-state index is 11.8. The second-order valence-electron chi connectivity index (χ2n) is 3.94. The van der Waals surface area contributed by atoms with E-state index in [-0.39, 0.29) is 22.5 Å². The van der Waals surface area contributed by atoms with Crippen molar-refractivity contribution in [2.75, 3.05) is 20.1 Å². The first-order valence-corrected chi connectivity index (χ1v) is 5.89. The van der Waals surface area contributed by atoms with Crippen LogP contribution in [0.5, 0.6) is 0 Å². The van der Waals surface area contributed by atoms with Crippen LogP contribution in [-0.4, -0.2) is 36.0 Å². The SMILES string of the molecule is CNCCNC(=O)c1nc(C(C)C)ncc1Cl. The minimum atomic E-state index is -0.269. The summed E-state index contributed by atoms with van der Waals surface area (Å²) in [5, 5.41) is 5.94. The van der Waals surface area contributed by atoms with Crippen molar-refractivity contribution in [2.24, 2.45) is 0 Å². The minimum Gasteiger partial charge on any atom is -0.349 e. The van der Waals surface area contributed by atoms with Gasteiger partial charge >= 0.3 is 0 Å². The molecular formula is C11H17ClN4O. The van der Waals surface area contributed by atoms with Gasteiger partial charge in [-0.25, -0.2) is 9.97 Å². The molecular weight excluding hydrogens is 240 g/mol. The van der Waals surface area contributed by atoms with Crippen molar-refractivity contribution in [2.45, 2.75) is 19.8 Å². The van der Waals surface area contributed by atoms with Gasteiger partial charge in [0.1, 0.15) is 11.5 Å². The maximum atomic E-state index is 11.8. The Kier molecular flexibility index (Phi) is 5.31. The molecule has 0 radical (unpaired) electrons. The zero-order valence-corrected chi connectivity index (χ0v) is 11.0. The van der Waals surface area contributed by atoms with E-state index in [0.29, 0.717) is 18.9 Å². The minimum absolute atomic E-state index is 0.163. The fourth-order valence-electron chi connectivity index (χ4n) is 1.20. The van der Waals surface area contributed by atoms with Crippen molar-refractivity contribution >= 4 is 17.5 Å². The zero-order valence-electron chi connectivity index (χ0n) is 10.2. The van der Waals surface area contributed by atoms with Crippen LogP contribution in [-0.2, 0) is 0 Å². The second kappa shape index (κ2) is 6.51. The quantitative estimate of drug-likeness (QED) is 0.777. The number of likely N-dealkylation sites (N-methyl/N-ethyl adjacent to an activating group) is 1. The van der Waals surface area contributed by atoms with E-state index in [0.717, 1.165) is 0 Å². The fourth-order valence-corrected chi connectivity index (χ4v) is 1.38. The van der Waals surface area contributed by atoms with E-state index in [9.17, 15) is 4.79 Å². The van der Waals surface area contributed by atoms with Gasteiger partial charge in [-0.05, 0) is 7.05 Å². The molecule has 1 heterocycles. The topological polar surface area (TPSA) is 66.9 Å². The monoisotopic (exact) mass is 256 g/mol. The molecule has 0 aliphatic carbocycles. The maximum Gasteiger partial charge on any atom is 0.271 e. The van der Waals surface area contributed by atoms with Gasteiger partial charge in [0, 0.05) is 19.0 Å². The van der Waals surface area contributed by atoms with E-state index in [4.69, 9.17) is 11.6 Å². The van der Waals surface area contributed by atoms with Crippen molar-refractivity contribution in [3.05, 3.63) is 22.7 Å². The molecule has 1 amide bonds. The molecule has 0 bridgehead atoms. The predicted molar refractivity (Wildman–Crippen MR) is 67.4 cm³/mol. The molecule has 0 aliphatic heterocycles. The van der Waals surface area contributed by atoms with Crippen molar-refractivity contribution < 1.29 is 4.79 Å². The van der Waals surface area contributed by atoms with Gasteiger partial charge in [-0.3, -0.25) is 4.79 Å². The summed E-state index contributed by atoms with van der Waals surface area (Å²) in [5.74, 6) is 0.513. The summed E-state index contributed by atoms with van der Waals surface area (Å²) < 4.78 is 0. The first-order valence-electron chi connectivity index (χ1n) is 5.51. The number of nitrogens with one attached hydrogen (secondary N) is 2. The third-order valence-corrected chi connectivity index (χ3v) is 2.43. The van der Waals surface area contributed by atoms with Gasteiger partial charge < -0.3 is 10.6 Å². The Balaban J connectivity index is 2.81. The Bertz CT molecular complexity index is 395. The highest BCUT2D eigenvalue weighted by Gasteiger charge is 2.14. The Labute approximate surface area is 106 Å². The molecule has 0 saturated heterocycles. The van der Waals surface area contributed by atoms with Crippen LogP contribution in [0.4, 0.5) is 0 Å². The second-order valence-corrected chi connectivity index (χ2v) is 4.35. The number of aromatic nitrogens is 2. The average Bonchev–Trinajstić information content (AvgIpc) is 2.29. The first-order chi connectivity index (χ1) is 8.06. The molecule has 94 valence electrons. The summed E-state index contributed by atoms with van der Waals surface area (Å²) in [6.07, 6.45) is 1.47. The van der Waals surface area contributed by atoms with Crippen LogP contribution >= 0.6 is 11.6 Å². The molecule has 1 aromatic rings. The highest BCUT2D eigenvalue weighted by atomic mass is 35.5. The molecule has 0 unspecified atom stereocenters. The third kappa shape index (κ3) is 3.94. The lowest BCUT2D eigenvalue weighted by Gasteiger charge is -2.08. The number of rotatable bonds is 5. The Hall–Kier alpha value is -1.20. The van der Waals surface area contributed by atoms with Crippen LogP contribution in [0, 0.1) is 0 Å². The van der Waals surface area contributed by atoms with E-state index >= 15 is 0 Å². The number of carbonyl (C=O) groups excluding carboxylic acids is 1. The van der Waals surface area contributed by atoms with Gasteiger partial charge in [0.25, 0.3) is 5.91 Å². The zero-order chi connectivity index (χ0) is 12.8. The van der Waals surface area contributed by atoms with Crippen LogP contribution in [0.3, 0.4) is 0 Å². The number of carbonyl (C=O) groups is 1. The molecule has 0 saturated carbocycles. The standard InChI is InChI=1S/C11H17ClN4O/c1-7(2)10-15-6-8(12)9(16-10)11(17)14-5-4-13-3/h6-7,13H,4-5H2,1-3H3,(H,14,17). The van der Waals surface area contributed by atoms with Crippen LogP contribution in [0.1, 0.15) is 36.1 Å². The highest BCUT2D eigenvalue weighted by Crippen LogP contribution is 2.15. The summed E-state index contributed by atoms with van der Waals surface area (Å²) in [5.41, 5.74) is 0.237. The van der Waals surface area contributed by atoms with E-state index in [1.165, 1.54) is 6.20 Å². The summed E-state index contributed by atoms with van der Waals surface area (Å²) >= 11 is 5.91. The van der Waals surface area contributed by atoms with Gasteiger partial charge in [-0.15, -0.1) is 0 Å². The van der Waals surface area contributed by atoms with E-state index in [2.05, 4.69) is 20.6 Å². The lowest BCUT2D eigenvalue weighted by Crippen LogP contribution is -2.31. The fraction of sp³-hybridized carbons (Fsp3) is 0.545. The third-order valence-electron chi connectivity index (χ3n) is 2.15. The molecule has 0 spiro atoms. The Morgan fingerprint density at radius 3 is 2.76 bits per heavy atom. The number of hydrogen-bond acceptors (Lipinski definition) is 4. The molecule has 0 aromatic carbocycles. The molecule has 5 nitrogen and oxygen atoms in total. The smallest absolute Gasteiger partial charge is 0.271 e. The van der Waals surface area contributed by atoms with Crippen LogP contribution in [0.25, 0.3) is 0 Å². The number of halogens is 1. The Morgan fingerprint density at radius 2 is 2.18 bits per heavy atom. The molecule has 1 rings (SSSR count). The summed E-state index contributed by atoms with van der Waals surface area (Å²) in [4.78, 5) is 20.1. The summed E-state index contributed by atoms with van der Waals surface area (Å²) in [6.45, 7) is 5.16. The molecule has 17 heavy (non-hydrogen) atoms. The molecule has 0 atom stereocenters. The van der Waals surface area contributed by atoms with Crippen molar-refractivity contribution in [3.63, 3.8) is 0 Å². The lowest BCUT2D eigenvalue weighted by molar-refractivity contribution is 0.0949.